The molecule has 2 aromatic carbocycles. The van der Waals surface area contributed by atoms with Crippen LogP contribution in [0.25, 0.3) is 0 Å². The normalized spacial score (nSPS) is 15.9. The molecule has 0 fully saturated rings. The molecular weight excluding hydrogens is 408 g/mol. The Hall–Kier alpha value is -2.83. The van der Waals surface area contributed by atoms with Gasteiger partial charge in [0.25, 0.3) is 0 Å². The molecule has 0 bridgehead atoms. The van der Waals surface area contributed by atoms with Crippen molar-refractivity contribution in [3.63, 3.8) is 0 Å². The number of nitrogens with one attached hydrogen (secondary N) is 1. The van der Waals surface area contributed by atoms with Crippen LogP contribution >= 0.6 is 11.3 Å². The summed E-state index contributed by atoms with van der Waals surface area (Å²) in [7, 11) is 3.32. The Bertz CT molecular complexity index is 1080. The maximum atomic E-state index is 13.0. The first-order valence-electron chi connectivity index (χ1n) is 10.4. The molecule has 1 aromatic heterocycles. The van der Waals surface area contributed by atoms with Crippen molar-refractivity contribution in [1.29, 1.82) is 0 Å². The predicted octanol–water partition coefficient (Wildman–Crippen LogP) is 4.97. The molecule has 162 valence electrons. The van der Waals surface area contributed by atoms with Crippen molar-refractivity contribution in [2.45, 2.75) is 26.3 Å². The van der Waals surface area contributed by atoms with Crippen LogP contribution in [-0.2, 0) is 11.2 Å². The lowest BCUT2D eigenvalue weighted by Gasteiger charge is -2.37. The zero-order chi connectivity index (χ0) is 22.0. The standard InChI is InChI=1S/C25H28N2O3S/c1-16-7-8-20(17(2)12-16)26-24(28)15-27-10-9-18-13-21(29-3)22(30-4)14-19(18)25(27)23-6-5-11-31-23/h5-8,11-14,25H,9-10,15H2,1-4H3,(H,26,28)/t25-/m0/s1. The van der Waals surface area contributed by atoms with E-state index >= 15 is 0 Å². The Balaban J connectivity index is 1.62. The van der Waals surface area contributed by atoms with Gasteiger partial charge >= 0.3 is 0 Å². The lowest BCUT2D eigenvalue weighted by molar-refractivity contribution is -0.117. The summed E-state index contributed by atoms with van der Waals surface area (Å²) < 4.78 is 11.1. The number of aryl methyl sites for hydroxylation is 2. The van der Waals surface area contributed by atoms with Crippen molar-refractivity contribution < 1.29 is 14.3 Å². The summed E-state index contributed by atoms with van der Waals surface area (Å²) >= 11 is 1.71. The average Bonchev–Trinajstić information content (AvgIpc) is 3.29. The first kappa shape index (κ1) is 21.4. The molecule has 6 heteroatoms. The van der Waals surface area contributed by atoms with E-state index in [0.717, 1.165) is 30.0 Å². The minimum absolute atomic E-state index is 0.00237. The number of hydrogen-bond acceptors (Lipinski definition) is 5. The Labute approximate surface area is 187 Å². The van der Waals surface area contributed by atoms with E-state index in [1.165, 1.54) is 21.6 Å². The Morgan fingerprint density at radius 1 is 1.13 bits per heavy atom. The molecule has 3 aromatic rings. The van der Waals surface area contributed by atoms with Gasteiger partial charge in [0.05, 0.1) is 26.8 Å². The topological polar surface area (TPSA) is 50.8 Å². The minimum Gasteiger partial charge on any atom is -0.493 e. The van der Waals surface area contributed by atoms with Crippen molar-refractivity contribution >= 4 is 22.9 Å². The zero-order valence-corrected chi connectivity index (χ0v) is 19.2. The van der Waals surface area contributed by atoms with Gasteiger partial charge in [-0.3, -0.25) is 9.69 Å². The summed E-state index contributed by atoms with van der Waals surface area (Å²) in [4.78, 5) is 16.4. The Kier molecular flexibility index (Phi) is 6.30. The second-order valence-corrected chi connectivity index (χ2v) is 8.89. The highest BCUT2D eigenvalue weighted by atomic mass is 32.1. The molecule has 0 saturated carbocycles. The number of benzene rings is 2. The lowest BCUT2D eigenvalue weighted by Crippen LogP contribution is -2.41. The zero-order valence-electron chi connectivity index (χ0n) is 18.4. The van der Waals surface area contributed by atoms with E-state index < -0.39 is 0 Å². The van der Waals surface area contributed by atoms with Gasteiger partial charge in [-0.2, -0.15) is 0 Å². The monoisotopic (exact) mass is 436 g/mol. The lowest BCUT2D eigenvalue weighted by atomic mass is 9.91. The minimum atomic E-state index is -0.00237. The molecule has 1 aliphatic heterocycles. The van der Waals surface area contributed by atoms with Crippen LogP contribution < -0.4 is 14.8 Å². The summed E-state index contributed by atoms with van der Waals surface area (Å²) in [5.74, 6) is 1.45. The quantitative estimate of drug-likeness (QED) is 0.593. The van der Waals surface area contributed by atoms with Crippen molar-refractivity contribution in [2.24, 2.45) is 0 Å². The summed E-state index contributed by atoms with van der Waals surface area (Å²) in [6.07, 6.45) is 0.856. The van der Waals surface area contributed by atoms with Crippen LogP contribution in [0.2, 0.25) is 0 Å². The molecule has 0 spiro atoms. The fraction of sp³-hybridized carbons (Fsp3) is 0.320. The molecule has 0 saturated heterocycles. The van der Waals surface area contributed by atoms with Gasteiger partial charge < -0.3 is 14.8 Å². The fourth-order valence-corrected chi connectivity index (χ4v) is 5.15. The van der Waals surface area contributed by atoms with Crippen molar-refractivity contribution in [2.75, 3.05) is 32.6 Å². The van der Waals surface area contributed by atoms with Crippen LogP contribution in [0.3, 0.4) is 0 Å². The summed E-state index contributed by atoms with van der Waals surface area (Å²) in [5.41, 5.74) is 5.54. The number of amides is 1. The third kappa shape index (κ3) is 4.45. The van der Waals surface area contributed by atoms with Gasteiger partial charge in [-0.15, -0.1) is 11.3 Å². The first-order chi connectivity index (χ1) is 15.0. The van der Waals surface area contributed by atoms with Crippen LogP contribution in [0.15, 0.2) is 47.8 Å². The number of hydrogen-bond donors (Lipinski definition) is 1. The second-order valence-electron chi connectivity index (χ2n) is 7.91. The Morgan fingerprint density at radius 2 is 1.90 bits per heavy atom. The molecule has 1 atom stereocenters. The summed E-state index contributed by atoms with van der Waals surface area (Å²) in [6.45, 7) is 5.20. The molecular formula is C25H28N2O3S. The Morgan fingerprint density at radius 3 is 2.58 bits per heavy atom. The molecule has 2 heterocycles. The van der Waals surface area contributed by atoms with E-state index in [9.17, 15) is 4.79 Å². The smallest absolute Gasteiger partial charge is 0.238 e. The average molecular weight is 437 g/mol. The molecule has 5 nitrogen and oxygen atoms in total. The molecule has 0 unspecified atom stereocenters. The van der Waals surface area contributed by atoms with Gasteiger partial charge in [-0.1, -0.05) is 23.8 Å². The number of carbonyl (C=O) groups is 1. The van der Waals surface area contributed by atoms with Crippen LogP contribution in [0, 0.1) is 13.8 Å². The first-order valence-corrected chi connectivity index (χ1v) is 11.3. The molecule has 31 heavy (non-hydrogen) atoms. The predicted molar refractivity (Wildman–Crippen MR) is 126 cm³/mol. The molecule has 4 rings (SSSR count). The largest absolute Gasteiger partial charge is 0.493 e. The number of nitrogens with zero attached hydrogens (tertiary/aromatic N) is 1. The van der Waals surface area contributed by atoms with Gasteiger partial charge in [0.15, 0.2) is 11.5 Å². The second kappa shape index (κ2) is 9.12. The highest BCUT2D eigenvalue weighted by molar-refractivity contribution is 7.10. The van der Waals surface area contributed by atoms with Gasteiger partial charge in [-0.25, -0.2) is 0 Å². The molecule has 0 aliphatic carbocycles. The molecule has 0 radical (unpaired) electrons. The molecule has 1 amide bonds. The van der Waals surface area contributed by atoms with Crippen LogP contribution in [-0.4, -0.2) is 38.1 Å². The summed E-state index contributed by atoms with van der Waals surface area (Å²) in [5, 5.41) is 5.18. The van der Waals surface area contributed by atoms with Gasteiger partial charge in [0.1, 0.15) is 0 Å². The highest BCUT2D eigenvalue weighted by Crippen LogP contribution is 2.42. The third-order valence-electron chi connectivity index (χ3n) is 5.79. The van der Waals surface area contributed by atoms with E-state index in [1.807, 2.05) is 19.1 Å². The number of thiophene rings is 1. The van der Waals surface area contributed by atoms with Gasteiger partial charge in [0, 0.05) is 17.1 Å². The molecule has 1 aliphatic rings. The third-order valence-corrected chi connectivity index (χ3v) is 6.71. The van der Waals surface area contributed by atoms with Crippen LogP contribution in [0.5, 0.6) is 11.5 Å². The maximum absolute atomic E-state index is 13.0. The van der Waals surface area contributed by atoms with E-state index in [2.05, 4.69) is 52.9 Å². The number of ether oxygens (including phenoxy) is 2. The van der Waals surface area contributed by atoms with Crippen molar-refractivity contribution in [3.05, 3.63) is 75.0 Å². The van der Waals surface area contributed by atoms with E-state index in [1.54, 1.807) is 25.6 Å². The number of anilines is 1. The number of fused-ring (bicyclic) bond motifs is 1. The summed E-state index contributed by atoms with van der Waals surface area (Å²) in [6, 6.07) is 14.4. The van der Waals surface area contributed by atoms with Gasteiger partial charge in [-0.05, 0) is 66.6 Å². The highest BCUT2D eigenvalue weighted by Gasteiger charge is 2.32. The van der Waals surface area contributed by atoms with Crippen LogP contribution in [0.1, 0.15) is 33.2 Å². The van der Waals surface area contributed by atoms with Crippen molar-refractivity contribution in [1.82, 2.24) is 4.90 Å². The van der Waals surface area contributed by atoms with Crippen LogP contribution in [0.4, 0.5) is 5.69 Å². The number of rotatable bonds is 6. The SMILES string of the molecule is COc1cc2c(cc1OC)[C@@H](c1cccs1)N(CC(=O)Nc1ccc(C)cc1C)CC2. The van der Waals surface area contributed by atoms with E-state index in [-0.39, 0.29) is 11.9 Å². The fourth-order valence-electron chi connectivity index (χ4n) is 4.28. The number of carbonyl (C=O) groups excluding carboxylic acids is 1. The van der Waals surface area contributed by atoms with E-state index in [0.29, 0.717) is 12.3 Å². The maximum Gasteiger partial charge on any atom is 0.238 e. The van der Waals surface area contributed by atoms with Gasteiger partial charge in [0.2, 0.25) is 5.91 Å². The number of methoxy groups -OCH3 is 2. The van der Waals surface area contributed by atoms with E-state index in [4.69, 9.17) is 9.47 Å². The van der Waals surface area contributed by atoms with Crippen molar-refractivity contribution in [3.8, 4) is 11.5 Å². The molecule has 1 N–H and O–H groups in total.